The number of carbonyl (C=O) groups excluding carboxylic acids is 1. The molecule has 0 saturated heterocycles. The molecule has 0 radical (unpaired) electrons. The Balaban J connectivity index is 3.42. The van der Waals surface area contributed by atoms with Crippen LogP contribution in [-0.2, 0) is 4.79 Å². The number of allylic oxidation sites excluding steroid dienone is 2. The van der Waals surface area contributed by atoms with Crippen LogP contribution < -0.4 is 5.73 Å². The summed E-state index contributed by atoms with van der Waals surface area (Å²) < 4.78 is 0. The number of amides is 1. The van der Waals surface area contributed by atoms with Gasteiger partial charge in [0.2, 0.25) is 0 Å². The molecule has 0 spiro atoms. The molecule has 0 heterocycles. The van der Waals surface area contributed by atoms with Gasteiger partial charge in [-0.25, -0.2) is 0 Å². The van der Waals surface area contributed by atoms with Crippen LogP contribution in [0.15, 0.2) is 22.4 Å². The van der Waals surface area contributed by atoms with E-state index in [0.29, 0.717) is 29.7 Å². The lowest BCUT2D eigenvalue weighted by molar-refractivity contribution is -0.124. The first-order valence-corrected chi connectivity index (χ1v) is 6.00. The summed E-state index contributed by atoms with van der Waals surface area (Å²) in [6.07, 6.45) is 1.39. The molecule has 0 unspecified atom stereocenters. The van der Waals surface area contributed by atoms with Gasteiger partial charge in [-0.2, -0.15) is 5.26 Å². The summed E-state index contributed by atoms with van der Waals surface area (Å²) in [7, 11) is 3.39. The third-order valence-electron chi connectivity index (χ3n) is 3.19. The molecule has 4 heteroatoms. The van der Waals surface area contributed by atoms with Gasteiger partial charge in [0.05, 0.1) is 11.6 Å². The average molecular weight is 247 g/mol. The van der Waals surface area contributed by atoms with E-state index < -0.39 is 0 Å². The fourth-order valence-electron chi connectivity index (χ4n) is 2.30. The molecule has 0 aliphatic heterocycles. The van der Waals surface area contributed by atoms with Crippen molar-refractivity contribution in [2.45, 2.75) is 33.6 Å². The Bertz CT molecular complexity index is 476. The fourth-order valence-corrected chi connectivity index (χ4v) is 2.30. The Hall–Kier alpha value is -1.76. The fraction of sp³-hybridized carbons (Fsp3) is 0.571. The Morgan fingerprint density at radius 2 is 1.94 bits per heavy atom. The smallest absolute Gasteiger partial charge is 0.255 e. The summed E-state index contributed by atoms with van der Waals surface area (Å²) in [5.74, 6) is -0.118. The van der Waals surface area contributed by atoms with Crippen LogP contribution in [0.4, 0.5) is 0 Å². The van der Waals surface area contributed by atoms with Gasteiger partial charge in [0.1, 0.15) is 0 Å². The normalized spacial score (nSPS) is 21.3. The van der Waals surface area contributed by atoms with Crippen molar-refractivity contribution in [2.24, 2.45) is 11.1 Å². The van der Waals surface area contributed by atoms with Gasteiger partial charge in [-0.3, -0.25) is 4.79 Å². The Morgan fingerprint density at radius 1 is 1.39 bits per heavy atom. The summed E-state index contributed by atoms with van der Waals surface area (Å²) in [6.45, 7) is 5.94. The summed E-state index contributed by atoms with van der Waals surface area (Å²) >= 11 is 0. The minimum absolute atomic E-state index is 0.00633. The van der Waals surface area contributed by atoms with Gasteiger partial charge < -0.3 is 10.6 Å². The average Bonchev–Trinajstić information content (AvgIpc) is 2.24. The molecule has 0 bridgehead atoms. The van der Waals surface area contributed by atoms with Crippen LogP contribution in [0.3, 0.4) is 0 Å². The monoisotopic (exact) mass is 247 g/mol. The van der Waals surface area contributed by atoms with Gasteiger partial charge in [0.15, 0.2) is 0 Å². The number of hydrogen-bond donors (Lipinski definition) is 1. The van der Waals surface area contributed by atoms with Crippen LogP contribution in [0.2, 0.25) is 0 Å². The zero-order chi connectivity index (χ0) is 14.1. The lowest BCUT2D eigenvalue weighted by Crippen LogP contribution is -2.33. The predicted molar refractivity (Wildman–Crippen MR) is 71.2 cm³/mol. The van der Waals surface area contributed by atoms with Crippen molar-refractivity contribution in [3.8, 4) is 6.07 Å². The van der Waals surface area contributed by atoms with Crippen molar-refractivity contribution in [2.75, 3.05) is 14.1 Å². The second-order valence-corrected chi connectivity index (χ2v) is 5.83. The topological polar surface area (TPSA) is 70.1 Å². The summed E-state index contributed by atoms with van der Waals surface area (Å²) in [6, 6.07) is 2.14. The highest BCUT2D eigenvalue weighted by atomic mass is 16.2. The van der Waals surface area contributed by atoms with Crippen molar-refractivity contribution in [3.05, 3.63) is 22.4 Å². The number of nitriles is 1. The highest BCUT2D eigenvalue weighted by Crippen LogP contribution is 2.41. The highest BCUT2D eigenvalue weighted by Gasteiger charge is 2.34. The second kappa shape index (κ2) is 4.85. The summed E-state index contributed by atoms with van der Waals surface area (Å²) in [5, 5.41) is 9.09. The SMILES string of the molecule is C/C(C#N)=C1/CC(C)(C)CC(N)=C1C(=O)N(C)C. The van der Waals surface area contributed by atoms with E-state index in [1.807, 2.05) is 0 Å². The number of carbonyl (C=O) groups is 1. The van der Waals surface area contributed by atoms with E-state index in [4.69, 9.17) is 11.0 Å². The van der Waals surface area contributed by atoms with Gasteiger partial charge in [0.25, 0.3) is 5.91 Å². The molecule has 1 aliphatic rings. The Morgan fingerprint density at radius 3 is 2.39 bits per heavy atom. The number of likely N-dealkylation sites (N-methyl/N-ethyl adjacent to an activating group) is 1. The first-order chi connectivity index (χ1) is 8.19. The second-order valence-electron chi connectivity index (χ2n) is 5.83. The summed E-state index contributed by atoms with van der Waals surface area (Å²) in [4.78, 5) is 13.7. The Kier molecular flexibility index (Phi) is 3.85. The van der Waals surface area contributed by atoms with Crippen LogP contribution in [0, 0.1) is 16.7 Å². The zero-order valence-electron chi connectivity index (χ0n) is 11.8. The molecule has 0 atom stereocenters. The standard InChI is InChI=1S/C14H21N3O/c1-9(8-15)10-6-14(2,3)7-11(16)12(10)13(18)17(4)5/h6-7,16H2,1-5H3/b10-9+. The van der Waals surface area contributed by atoms with Crippen molar-refractivity contribution < 1.29 is 4.79 Å². The van der Waals surface area contributed by atoms with Gasteiger partial charge in [-0.1, -0.05) is 13.8 Å². The van der Waals surface area contributed by atoms with E-state index in [1.165, 1.54) is 4.90 Å². The van der Waals surface area contributed by atoms with Gasteiger partial charge >= 0.3 is 0 Å². The molecule has 1 amide bonds. The molecule has 1 aliphatic carbocycles. The first kappa shape index (κ1) is 14.3. The van der Waals surface area contributed by atoms with E-state index in [2.05, 4.69) is 19.9 Å². The number of rotatable bonds is 1. The zero-order valence-corrected chi connectivity index (χ0v) is 11.8. The van der Waals surface area contributed by atoms with Crippen molar-refractivity contribution in [1.29, 1.82) is 5.26 Å². The van der Waals surface area contributed by atoms with Crippen LogP contribution in [-0.4, -0.2) is 24.9 Å². The largest absolute Gasteiger partial charge is 0.401 e. The third kappa shape index (κ3) is 2.73. The molecule has 0 aromatic carbocycles. The molecule has 18 heavy (non-hydrogen) atoms. The van der Waals surface area contributed by atoms with E-state index in [-0.39, 0.29) is 11.3 Å². The highest BCUT2D eigenvalue weighted by molar-refractivity contribution is 5.99. The maximum atomic E-state index is 12.2. The number of hydrogen-bond acceptors (Lipinski definition) is 3. The number of nitrogens with zero attached hydrogens (tertiary/aromatic N) is 2. The molecule has 0 fully saturated rings. The van der Waals surface area contributed by atoms with Crippen LogP contribution >= 0.6 is 0 Å². The van der Waals surface area contributed by atoms with E-state index >= 15 is 0 Å². The first-order valence-electron chi connectivity index (χ1n) is 6.00. The molecular formula is C14H21N3O. The minimum Gasteiger partial charge on any atom is -0.401 e. The van der Waals surface area contributed by atoms with E-state index in [9.17, 15) is 4.79 Å². The van der Waals surface area contributed by atoms with Crippen LogP contribution in [0.1, 0.15) is 33.6 Å². The molecule has 4 nitrogen and oxygen atoms in total. The predicted octanol–water partition coefficient (Wildman–Crippen LogP) is 1.95. The Labute approximate surface area is 109 Å². The van der Waals surface area contributed by atoms with Gasteiger partial charge in [-0.05, 0) is 30.8 Å². The van der Waals surface area contributed by atoms with Crippen LogP contribution in [0.5, 0.6) is 0 Å². The third-order valence-corrected chi connectivity index (χ3v) is 3.19. The van der Waals surface area contributed by atoms with Crippen LogP contribution in [0.25, 0.3) is 0 Å². The summed E-state index contributed by atoms with van der Waals surface area (Å²) in [5.41, 5.74) is 8.55. The molecular weight excluding hydrogens is 226 g/mol. The molecule has 0 aromatic heterocycles. The lowest BCUT2D eigenvalue weighted by Gasteiger charge is -2.34. The van der Waals surface area contributed by atoms with Gasteiger partial charge in [0, 0.05) is 25.4 Å². The molecule has 1 rings (SSSR count). The molecule has 0 saturated carbocycles. The number of nitrogens with two attached hydrogens (primary N) is 1. The maximum absolute atomic E-state index is 12.2. The van der Waals surface area contributed by atoms with E-state index in [0.717, 1.165) is 5.57 Å². The van der Waals surface area contributed by atoms with Crippen molar-refractivity contribution >= 4 is 5.91 Å². The lowest BCUT2D eigenvalue weighted by atomic mass is 9.72. The van der Waals surface area contributed by atoms with Gasteiger partial charge in [-0.15, -0.1) is 0 Å². The maximum Gasteiger partial charge on any atom is 0.255 e. The van der Waals surface area contributed by atoms with Crippen molar-refractivity contribution in [1.82, 2.24) is 4.90 Å². The molecule has 0 aromatic rings. The molecule has 98 valence electrons. The minimum atomic E-state index is -0.118. The van der Waals surface area contributed by atoms with E-state index in [1.54, 1.807) is 21.0 Å². The molecule has 2 N–H and O–H groups in total. The van der Waals surface area contributed by atoms with Crippen molar-refractivity contribution in [3.63, 3.8) is 0 Å². The quantitative estimate of drug-likeness (QED) is 0.720.